The molecular weight excluding hydrogens is 242 g/mol. The number of rotatable bonds is 5. The van der Waals surface area contributed by atoms with Gasteiger partial charge in [0.1, 0.15) is 0 Å². The van der Waals surface area contributed by atoms with Gasteiger partial charge >= 0.3 is 0 Å². The van der Waals surface area contributed by atoms with Crippen molar-refractivity contribution in [2.24, 2.45) is 17.8 Å². The van der Waals surface area contributed by atoms with Gasteiger partial charge in [0.2, 0.25) is 0 Å². The highest BCUT2D eigenvalue weighted by Gasteiger charge is 2.36. The molecule has 0 aromatic carbocycles. The SMILES string of the molecule is CCCNC(C1=CCCC1)C1CCC2CCCCC2C1. The van der Waals surface area contributed by atoms with Gasteiger partial charge in [0, 0.05) is 6.04 Å². The van der Waals surface area contributed by atoms with E-state index in [4.69, 9.17) is 0 Å². The maximum absolute atomic E-state index is 3.91. The lowest BCUT2D eigenvalue weighted by molar-refractivity contribution is 0.115. The first kappa shape index (κ1) is 14.6. The van der Waals surface area contributed by atoms with Gasteiger partial charge in [-0.1, -0.05) is 44.3 Å². The molecular formula is C19H33N. The number of nitrogens with one attached hydrogen (secondary N) is 1. The summed E-state index contributed by atoms with van der Waals surface area (Å²) in [6, 6.07) is 0.723. The van der Waals surface area contributed by atoms with Crippen LogP contribution in [0.4, 0.5) is 0 Å². The van der Waals surface area contributed by atoms with Crippen LogP contribution < -0.4 is 5.32 Å². The summed E-state index contributed by atoms with van der Waals surface area (Å²) in [6.45, 7) is 3.50. The molecule has 0 spiro atoms. The van der Waals surface area contributed by atoms with E-state index in [-0.39, 0.29) is 0 Å². The molecule has 1 heteroatoms. The highest BCUT2D eigenvalue weighted by Crippen LogP contribution is 2.45. The first-order valence-corrected chi connectivity index (χ1v) is 9.30. The van der Waals surface area contributed by atoms with Gasteiger partial charge in [-0.3, -0.25) is 0 Å². The van der Waals surface area contributed by atoms with E-state index >= 15 is 0 Å². The molecule has 0 aliphatic heterocycles. The van der Waals surface area contributed by atoms with Crippen LogP contribution in [0.25, 0.3) is 0 Å². The Morgan fingerprint density at radius 3 is 2.70 bits per heavy atom. The third-order valence-electron chi connectivity index (χ3n) is 6.14. The van der Waals surface area contributed by atoms with Gasteiger partial charge in [-0.2, -0.15) is 0 Å². The fourth-order valence-corrected chi connectivity index (χ4v) is 5.09. The second-order valence-electron chi connectivity index (χ2n) is 7.48. The first-order chi connectivity index (χ1) is 9.88. The molecule has 1 N–H and O–H groups in total. The molecule has 0 aromatic rings. The molecule has 3 rings (SSSR count). The van der Waals surface area contributed by atoms with Crippen LogP contribution in [0.1, 0.15) is 77.6 Å². The standard InChI is InChI=1S/C19H33N/c1-2-13-20-19(16-8-4-5-9-16)18-12-11-15-7-3-6-10-17(15)14-18/h8,15,17-20H,2-7,9-14H2,1H3. The molecule has 114 valence electrons. The van der Waals surface area contributed by atoms with Gasteiger partial charge in [-0.25, -0.2) is 0 Å². The van der Waals surface area contributed by atoms with Crippen molar-refractivity contribution < 1.29 is 0 Å². The zero-order valence-corrected chi connectivity index (χ0v) is 13.4. The molecule has 0 saturated heterocycles. The summed E-state index contributed by atoms with van der Waals surface area (Å²) < 4.78 is 0. The van der Waals surface area contributed by atoms with Crippen LogP contribution in [0.15, 0.2) is 11.6 Å². The minimum atomic E-state index is 0.723. The topological polar surface area (TPSA) is 12.0 Å². The van der Waals surface area contributed by atoms with E-state index in [1.165, 1.54) is 77.2 Å². The molecule has 4 unspecified atom stereocenters. The second-order valence-corrected chi connectivity index (χ2v) is 7.48. The van der Waals surface area contributed by atoms with Crippen molar-refractivity contribution in [2.75, 3.05) is 6.54 Å². The van der Waals surface area contributed by atoms with Crippen LogP contribution in [0, 0.1) is 17.8 Å². The zero-order chi connectivity index (χ0) is 13.8. The van der Waals surface area contributed by atoms with Gasteiger partial charge in [-0.15, -0.1) is 0 Å². The van der Waals surface area contributed by atoms with Gasteiger partial charge in [-0.05, 0) is 69.2 Å². The van der Waals surface area contributed by atoms with E-state index in [1.54, 1.807) is 5.57 Å². The van der Waals surface area contributed by atoms with Crippen LogP contribution in [-0.2, 0) is 0 Å². The van der Waals surface area contributed by atoms with Crippen molar-refractivity contribution >= 4 is 0 Å². The maximum Gasteiger partial charge on any atom is 0.0307 e. The minimum absolute atomic E-state index is 0.723. The lowest BCUT2D eigenvalue weighted by Crippen LogP contribution is -2.42. The molecule has 0 amide bonds. The second kappa shape index (κ2) is 7.11. The number of fused-ring (bicyclic) bond motifs is 1. The smallest absolute Gasteiger partial charge is 0.0307 e. The maximum atomic E-state index is 3.91. The molecule has 2 saturated carbocycles. The van der Waals surface area contributed by atoms with Gasteiger partial charge in [0.15, 0.2) is 0 Å². The van der Waals surface area contributed by atoms with E-state index in [1.807, 2.05) is 0 Å². The summed E-state index contributed by atoms with van der Waals surface area (Å²) >= 11 is 0. The van der Waals surface area contributed by atoms with E-state index in [0.717, 1.165) is 23.8 Å². The van der Waals surface area contributed by atoms with E-state index in [2.05, 4.69) is 18.3 Å². The van der Waals surface area contributed by atoms with Crippen molar-refractivity contribution in [3.05, 3.63) is 11.6 Å². The highest BCUT2D eigenvalue weighted by atomic mass is 14.9. The predicted octanol–water partition coefficient (Wildman–Crippen LogP) is 5.07. The number of hydrogen-bond donors (Lipinski definition) is 1. The Kier molecular flexibility index (Phi) is 5.20. The molecule has 0 aromatic heterocycles. The largest absolute Gasteiger partial charge is 0.310 e. The third-order valence-corrected chi connectivity index (χ3v) is 6.14. The quantitative estimate of drug-likeness (QED) is 0.691. The predicted molar refractivity (Wildman–Crippen MR) is 86.8 cm³/mol. The Morgan fingerprint density at radius 1 is 1.10 bits per heavy atom. The highest BCUT2D eigenvalue weighted by molar-refractivity contribution is 5.17. The van der Waals surface area contributed by atoms with E-state index < -0.39 is 0 Å². The van der Waals surface area contributed by atoms with Gasteiger partial charge < -0.3 is 5.32 Å². The Morgan fingerprint density at radius 2 is 1.95 bits per heavy atom. The average Bonchev–Trinajstić information content (AvgIpc) is 3.02. The average molecular weight is 275 g/mol. The van der Waals surface area contributed by atoms with E-state index in [0.29, 0.717) is 0 Å². The Bertz CT molecular complexity index is 333. The molecule has 3 aliphatic carbocycles. The van der Waals surface area contributed by atoms with Crippen molar-refractivity contribution in [3.8, 4) is 0 Å². The number of allylic oxidation sites excluding steroid dienone is 1. The Balaban J connectivity index is 1.64. The van der Waals surface area contributed by atoms with Gasteiger partial charge in [0.25, 0.3) is 0 Å². The molecule has 0 radical (unpaired) electrons. The van der Waals surface area contributed by atoms with Crippen LogP contribution in [0.2, 0.25) is 0 Å². The van der Waals surface area contributed by atoms with Crippen molar-refractivity contribution in [2.45, 2.75) is 83.6 Å². The van der Waals surface area contributed by atoms with Crippen LogP contribution in [0.3, 0.4) is 0 Å². The summed E-state index contributed by atoms with van der Waals surface area (Å²) in [6.07, 6.45) is 18.5. The van der Waals surface area contributed by atoms with Crippen molar-refractivity contribution in [3.63, 3.8) is 0 Å². The molecule has 20 heavy (non-hydrogen) atoms. The van der Waals surface area contributed by atoms with Crippen molar-refractivity contribution in [1.29, 1.82) is 0 Å². The van der Waals surface area contributed by atoms with Gasteiger partial charge in [0.05, 0.1) is 0 Å². The van der Waals surface area contributed by atoms with Crippen molar-refractivity contribution in [1.82, 2.24) is 5.32 Å². The number of hydrogen-bond acceptors (Lipinski definition) is 1. The zero-order valence-electron chi connectivity index (χ0n) is 13.4. The summed E-state index contributed by atoms with van der Waals surface area (Å²) in [7, 11) is 0. The molecule has 1 nitrogen and oxygen atoms in total. The molecule has 2 fully saturated rings. The van der Waals surface area contributed by atoms with E-state index in [9.17, 15) is 0 Å². The first-order valence-electron chi connectivity index (χ1n) is 9.30. The normalized spacial score (nSPS) is 35.5. The fourth-order valence-electron chi connectivity index (χ4n) is 5.09. The summed E-state index contributed by atoms with van der Waals surface area (Å²) in [5.74, 6) is 3.09. The summed E-state index contributed by atoms with van der Waals surface area (Å²) in [5.41, 5.74) is 1.76. The van der Waals surface area contributed by atoms with Crippen LogP contribution >= 0.6 is 0 Å². The summed E-state index contributed by atoms with van der Waals surface area (Å²) in [4.78, 5) is 0. The Labute approximate surface area is 125 Å². The molecule has 0 bridgehead atoms. The minimum Gasteiger partial charge on any atom is -0.310 e. The Hall–Kier alpha value is -0.300. The molecule has 3 aliphatic rings. The molecule has 0 heterocycles. The monoisotopic (exact) mass is 275 g/mol. The lowest BCUT2D eigenvalue weighted by Gasteiger charge is -2.42. The summed E-state index contributed by atoms with van der Waals surface area (Å²) in [5, 5.41) is 3.91. The van der Waals surface area contributed by atoms with Crippen LogP contribution in [0.5, 0.6) is 0 Å². The third kappa shape index (κ3) is 3.30. The van der Waals surface area contributed by atoms with Crippen LogP contribution in [-0.4, -0.2) is 12.6 Å². The molecule has 4 atom stereocenters. The lowest BCUT2D eigenvalue weighted by atomic mass is 9.65. The fraction of sp³-hybridized carbons (Fsp3) is 0.895.